The van der Waals surface area contributed by atoms with Gasteiger partial charge in [0.25, 0.3) is 0 Å². The molecule has 5 nitrogen and oxygen atoms in total. The molecule has 1 aromatic rings. The van der Waals surface area contributed by atoms with Crippen molar-refractivity contribution in [1.82, 2.24) is 5.32 Å². The zero-order valence-electron chi connectivity index (χ0n) is 18.8. The maximum Gasteiger partial charge on any atom is 1.00 e. The molecule has 160 valence electrons. The Balaban J connectivity index is -0.000000385. The summed E-state index contributed by atoms with van der Waals surface area (Å²) in [6, 6.07) is 7.92. The predicted molar refractivity (Wildman–Crippen MR) is 116 cm³/mol. The molecular weight excluding hydrogens is 409 g/mol. The van der Waals surface area contributed by atoms with Crippen molar-refractivity contribution in [3.05, 3.63) is 34.9 Å². The van der Waals surface area contributed by atoms with Gasteiger partial charge < -0.3 is 17.0 Å². The second kappa shape index (κ2) is 22.3. The molecule has 0 aromatic heterocycles. The molecule has 8 heteroatoms. The molecule has 0 spiro atoms. The second-order valence-electron chi connectivity index (χ2n) is 6.69. The molecular formula is C20H37ClNNaO4S. The molecule has 28 heavy (non-hydrogen) atoms. The summed E-state index contributed by atoms with van der Waals surface area (Å²) < 4.78 is 4.69. The van der Waals surface area contributed by atoms with Crippen molar-refractivity contribution < 1.29 is 50.4 Å². The minimum atomic E-state index is 0. The Kier molecular flexibility index (Phi) is 24.6. The van der Waals surface area contributed by atoms with Crippen molar-refractivity contribution in [2.75, 3.05) is 39.2 Å². The number of hydrogen-bond acceptors (Lipinski definition) is 6. The summed E-state index contributed by atoms with van der Waals surface area (Å²) in [6.45, 7) is 7.26. The molecule has 1 fully saturated rings. The van der Waals surface area contributed by atoms with E-state index in [0.29, 0.717) is 6.42 Å². The molecule has 1 aliphatic rings. The number of piperidine rings is 1. The molecule has 2 atom stereocenters. The van der Waals surface area contributed by atoms with Crippen molar-refractivity contribution in [1.29, 1.82) is 0 Å². The first-order chi connectivity index (χ1) is 13.0. The van der Waals surface area contributed by atoms with Crippen molar-refractivity contribution in [3.63, 3.8) is 0 Å². The van der Waals surface area contributed by atoms with Gasteiger partial charge in [0.1, 0.15) is 0 Å². The quantitative estimate of drug-likeness (QED) is 0.184. The normalized spacial score (nSPS) is 18.1. The molecule has 0 amide bonds. The Morgan fingerprint density at radius 2 is 1.68 bits per heavy atom. The van der Waals surface area contributed by atoms with Gasteiger partial charge in [-0.1, -0.05) is 37.6 Å². The SMILES string of the molecule is CC1CNCC(C)C1.COOSCCCc1ccc(Cl)cc1.OCCCO.[H-].[Na+]. The minimum absolute atomic E-state index is 0. The molecule has 0 radical (unpaired) electrons. The van der Waals surface area contributed by atoms with Crippen LogP contribution < -0.4 is 34.9 Å². The molecule has 0 saturated carbocycles. The minimum Gasteiger partial charge on any atom is -1.00 e. The molecule has 0 aliphatic carbocycles. The van der Waals surface area contributed by atoms with Gasteiger partial charge in [-0.2, -0.15) is 4.33 Å². The fourth-order valence-electron chi connectivity index (χ4n) is 2.57. The summed E-state index contributed by atoms with van der Waals surface area (Å²) >= 11 is 7.10. The van der Waals surface area contributed by atoms with Gasteiger partial charge in [0.05, 0.1) is 7.11 Å². The van der Waals surface area contributed by atoms with Crippen LogP contribution in [0.15, 0.2) is 24.3 Å². The smallest absolute Gasteiger partial charge is 1.00 e. The van der Waals surface area contributed by atoms with E-state index in [1.165, 1.54) is 44.2 Å². The van der Waals surface area contributed by atoms with Crippen LogP contribution in [0.1, 0.15) is 40.1 Å². The number of rotatable bonds is 8. The molecule has 1 aliphatic heterocycles. The van der Waals surface area contributed by atoms with Crippen molar-refractivity contribution >= 4 is 23.6 Å². The number of aryl methyl sites for hydroxylation is 1. The molecule has 1 heterocycles. The zero-order valence-corrected chi connectivity index (χ0v) is 21.4. The Bertz CT molecular complexity index is 439. The number of benzene rings is 1. The molecule has 0 bridgehead atoms. The van der Waals surface area contributed by atoms with Crippen molar-refractivity contribution in [3.8, 4) is 0 Å². The van der Waals surface area contributed by atoms with E-state index in [1.54, 1.807) is 0 Å². The number of hydrogen-bond donors (Lipinski definition) is 3. The van der Waals surface area contributed by atoms with Crippen LogP contribution in [0.25, 0.3) is 0 Å². The molecule has 2 rings (SSSR count). The third kappa shape index (κ3) is 20.0. The first kappa shape index (κ1) is 30.9. The number of nitrogens with one attached hydrogen (secondary N) is 1. The van der Waals surface area contributed by atoms with E-state index in [2.05, 4.69) is 28.4 Å². The summed E-state index contributed by atoms with van der Waals surface area (Å²) in [6.07, 6.45) is 4.01. The summed E-state index contributed by atoms with van der Waals surface area (Å²) in [7, 11) is 1.51. The van der Waals surface area contributed by atoms with Crippen molar-refractivity contribution in [2.24, 2.45) is 11.8 Å². The summed E-state index contributed by atoms with van der Waals surface area (Å²) in [5, 5.41) is 20.0. The molecule has 1 aromatic carbocycles. The summed E-state index contributed by atoms with van der Waals surface area (Å²) in [5.74, 6) is 2.73. The first-order valence-corrected chi connectivity index (χ1v) is 10.8. The Morgan fingerprint density at radius 3 is 2.07 bits per heavy atom. The fourth-order valence-corrected chi connectivity index (χ4v) is 3.12. The van der Waals surface area contributed by atoms with Gasteiger partial charge in [-0.25, -0.2) is 4.89 Å². The molecule has 2 unspecified atom stereocenters. The van der Waals surface area contributed by atoms with E-state index in [1.807, 2.05) is 24.3 Å². The van der Waals surface area contributed by atoms with Crippen LogP contribution in [-0.2, 0) is 15.6 Å². The van der Waals surface area contributed by atoms with E-state index in [9.17, 15) is 0 Å². The standard InChI is InChI=1S/C10H13ClO2S.C7H15N.C3H8O2.Na.H/c1-12-13-14-8-2-3-9-4-6-10(11)7-5-9;1-6-3-7(2)5-8-4-6;4-2-1-3-5;;/h4-7H,2-3,8H2,1H3;6-8H,3-5H2,1-2H3;4-5H,1-3H2;;/q;;;+1;-1. The van der Waals surface area contributed by atoms with Crippen LogP contribution in [0.5, 0.6) is 0 Å². The number of aliphatic hydroxyl groups is 2. The third-order valence-corrected chi connectivity index (χ3v) is 4.77. The van der Waals surface area contributed by atoms with Crippen LogP contribution >= 0.6 is 23.6 Å². The monoisotopic (exact) mass is 445 g/mol. The van der Waals surface area contributed by atoms with Crippen LogP contribution in [-0.4, -0.2) is 49.4 Å². The van der Waals surface area contributed by atoms with Gasteiger partial charge in [-0.15, -0.1) is 0 Å². The Morgan fingerprint density at radius 1 is 1.11 bits per heavy atom. The topological polar surface area (TPSA) is 71.0 Å². The predicted octanol–water partition coefficient (Wildman–Crippen LogP) is 1.23. The summed E-state index contributed by atoms with van der Waals surface area (Å²) in [4.78, 5) is 4.46. The molecule has 3 N–H and O–H groups in total. The van der Waals surface area contributed by atoms with Gasteiger partial charge in [-0.3, -0.25) is 0 Å². The van der Waals surface area contributed by atoms with Gasteiger partial charge in [0.15, 0.2) is 0 Å². The first-order valence-electron chi connectivity index (χ1n) is 9.52. The van der Waals surface area contributed by atoms with E-state index < -0.39 is 0 Å². The van der Waals surface area contributed by atoms with Crippen LogP contribution in [0, 0.1) is 11.8 Å². The largest absolute Gasteiger partial charge is 1.00 e. The average molecular weight is 446 g/mol. The Labute approximate surface area is 203 Å². The van der Waals surface area contributed by atoms with Crippen LogP contribution in [0.2, 0.25) is 5.02 Å². The second-order valence-corrected chi connectivity index (χ2v) is 7.91. The van der Waals surface area contributed by atoms with Crippen molar-refractivity contribution in [2.45, 2.75) is 39.5 Å². The van der Waals surface area contributed by atoms with E-state index in [4.69, 9.17) is 21.8 Å². The van der Waals surface area contributed by atoms with Gasteiger partial charge >= 0.3 is 29.6 Å². The van der Waals surface area contributed by atoms with Gasteiger partial charge in [-0.05, 0) is 68.3 Å². The average Bonchev–Trinajstić information content (AvgIpc) is 2.65. The fraction of sp³-hybridized carbons (Fsp3) is 0.700. The summed E-state index contributed by atoms with van der Waals surface area (Å²) in [5.41, 5.74) is 1.30. The van der Waals surface area contributed by atoms with E-state index in [-0.39, 0.29) is 44.2 Å². The third-order valence-electron chi connectivity index (χ3n) is 3.83. The molecule has 1 saturated heterocycles. The maximum absolute atomic E-state index is 7.91. The number of aliphatic hydroxyl groups excluding tert-OH is 2. The van der Waals surface area contributed by atoms with Gasteiger partial charge in [0, 0.05) is 36.0 Å². The Hall–Kier alpha value is 0.660. The van der Waals surface area contributed by atoms with E-state index in [0.717, 1.165) is 35.5 Å². The number of halogens is 1. The van der Waals surface area contributed by atoms with Gasteiger partial charge in [0.2, 0.25) is 0 Å². The van der Waals surface area contributed by atoms with E-state index >= 15 is 0 Å². The zero-order chi connectivity index (χ0) is 20.3. The van der Waals surface area contributed by atoms with Crippen LogP contribution in [0.4, 0.5) is 0 Å². The maximum atomic E-state index is 7.91. The van der Waals surface area contributed by atoms with Crippen LogP contribution in [0.3, 0.4) is 0 Å².